The van der Waals surface area contributed by atoms with Gasteiger partial charge in [0.25, 0.3) is 5.91 Å². The van der Waals surface area contributed by atoms with Crippen LogP contribution in [0.1, 0.15) is 22.5 Å². The van der Waals surface area contributed by atoms with Crippen LogP contribution in [0.3, 0.4) is 0 Å². The standard InChI is InChI=1S/C11H16N2OS/c14-11(10-4-3-9-15-10)12-5-8-13-6-1-2-7-13/h3-4,9H,1-2,5-8H2,(H,12,14)/p+1. The van der Waals surface area contributed by atoms with Crippen LogP contribution in [0.4, 0.5) is 0 Å². The molecule has 2 N–H and O–H groups in total. The minimum atomic E-state index is 0.0728. The fraction of sp³-hybridized carbons (Fsp3) is 0.545. The number of rotatable bonds is 4. The first-order chi connectivity index (χ1) is 7.36. The number of quaternary nitrogens is 1. The first kappa shape index (κ1) is 10.6. The van der Waals surface area contributed by atoms with E-state index in [0.717, 1.165) is 18.0 Å². The topological polar surface area (TPSA) is 33.5 Å². The van der Waals surface area contributed by atoms with Gasteiger partial charge in [0.1, 0.15) is 0 Å². The Morgan fingerprint density at radius 2 is 2.27 bits per heavy atom. The summed E-state index contributed by atoms with van der Waals surface area (Å²) in [6.45, 7) is 4.41. The second-order valence-corrected chi connectivity index (χ2v) is 4.89. The van der Waals surface area contributed by atoms with Gasteiger partial charge in [-0.2, -0.15) is 0 Å². The molecule has 1 saturated heterocycles. The molecule has 4 heteroatoms. The second kappa shape index (κ2) is 5.28. The molecule has 0 unspecified atom stereocenters. The lowest BCUT2D eigenvalue weighted by atomic mass is 10.4. The van der Waals surface area contributed by atoms with Gasteiger partial charge in [-0.3, -0.25) is 4.79 Å². The van der Waals surface area contributed by atoms with Gasteiger partial charge in [-0.05, 0) is 11.4 Å². The number of carbonyl (C=O) groups is 1. The van der Waals surface area contributed by atoms with Crippen LogP contribution in [0.25, 0.3) is 0 Å². The smallest absolute Gasteiger partial charge is 0.261 e. The molecule has 15 heavy (non-hydrogen) atoms. The summed E-state index contributed by atoms with van der Waals surface area (Å²) >= 11 is 1.49. The van der Waals surface area contributed by atoms with Gasteiger partial charge >= 0.3 is 0 Å². The maximum atomic E-state index is 11.6. The Kier molecular flexibility index (Phi) is 3.75. The van der Waals surface area contributed by atoms with E-state index < -0.39 is 0 Å². The van der Waals surface area contributed by atoms with E-state index in [1.165, 1.54) is 37.3 Å². The number of thiophene rings is 1. The molecule has 0 saturated carbocycles. The van der Waals surface area contributed by atoms with Crippen molar-refractivity contribution in [2.75, 3.05) is 26.2 Å². The van der Waals surface area contributed by atoms with Gasteiger partial charge in [-0.25, -0.2) is 0 Å². The highest BCUT2D eigenvalue weighted by atomic mass is 32.1. The van der Waals surface area contributed by atoms with Crippen LogP contribution in [0.15, 0.2) is 17.5 Å². The highest BCUT2D eigenvalue weighted by Gasteiger charge is 2.15. The third-order valence-corrected chi connectivity index (χ3v) is 3.69. The molecule has 1 aromatic rings. The van der Waals surface area contributed by atoms with E-state index >= 15 is 0 Å². The van der Waals surface area contributed by atoms with Crippen molar-refractivity contribution in [3.63, 3.8) is 0 Å². The zero-order valence-corrected chi connectivity index (χ0v) is 9.61. The molecule has 2 heterocycles. The highest BCUT2D eigenvalue weighted by molar-refractivity contribution is 7.12. The predicted octanol–water partition coefficient (Wildman–Crippen LogP) is 0.157. The number of amides is 1. The number of likely N-dealkylation sites (tertiary alicyclic amines) is 1. The van der Waals surface area contributed by atoms with Crippen LogP contribution >= 0.6 is 11.3 Å². The van der Waals surface area contributed by atoms with E-state index in [2.05, 4.69) is 5.32 Å². The number of nitrogens with one attached hydrogen (secondary N) is 2. The van der Waals surface area contributed by atoms with Crippen LogP contribution in [0.5, 0.6) is 0 Å². The SMILES string of the molecule is O=C(NCC[NH+]1CCCC1)c1cccs1. The van der Waals surface area contributed by atoms with Gasteiger partial charge < -0.3 is 10.2 Å². The molecule has 0 bridgehead atoms. The first-order valence-electron chi connectivity index (χ1n) is 5.51. The molecule has 3 nitrogen and oxygen atoms in total. The Balaban J connectivity index is 1.67. The normalized spacial score (nSPS) is 16.8. The van der Waals surface area contributed by atoms with Gasteiger partial charge in [0.2, 0.25) is 0 Å². The fourth-order valence-corrected chi connectivity index (χ4v) is 2.61. The molecule has 0 atom stereocenters. The zero-order valence-electron chi connectivity index (χ0n) is 8.79. The van der Waals surface area contributed by atoms with E-state index in [0.29, 0.717) is 0 Å². The molecular weight excluding hydrogens is 208 g/mol. The average Bonchev–Trinajstić information content (AvgIpc) is 2.90. The van der Waals surface area contributed by atoms with Crippen molar-refractivity contribution in [2.24, 2.45) is 0 Å². The van der Waals surface area contributed by atoms with E-state index in [9.17, 15) is 4.79 Å². The molecule has 0 aromatic carbocycles. The van der Waals surface area contributed by atoms with Crippen molar-refractivity contribution < 1.29 is 9.69 Å². The lowest BCUT2D eigenvalue weighted by molar-refractivity contribution is -0.886. The quantitative estimate of drug-likeness (QED) is 0.752. The molecule has 82 valence electrons. The largest absolute Gasteiger partial charge is 0.346 e. The van der Waals surface area contributed by atoms with Crippen molar-refractivity contribution in [3.8, 4) is 0 Å². The van der Waals surface area contributed by atoms with E-state index in [-0.39, 0.29) is 5.91 Å². The summed E-state index contributed by atoms with van der Waals surface area (Å²) in [5, 5.41) is 4.89. The summed E-state index contributed by atoms with van der Waals surface area (Å²) in [4.78, 5) is 14.0. The van der Waals surface area contributed by atoms with Crippen LogP contribution in [-0.4, -0.2) is 32.1 Å². The monoisotopic (exact) mass is 225 g/mol. The van der Waals surface area contributed by atoms with Crippen LogP contribution in [0, 0.1) is 0 Å². The molecule has 1 aliphatic rings. The van der Waals surface area contributed by atoms with Gasteiger partial charge in [0.05, 0.1) is 31.1 Å². The van der Waals surface area contributed by atoms with Crippen molar-refractivity contribution >= 4 is 17.2 Å². The Morgan fingerprint density at radius 3 is 2.93 bits per heavy atom. The van der Waals surface area contributed by atoms with Crippen molar-refractivity contribution in [3.05, 3.63) is 22.4 Å². The predicted molar refractivity (Wildman–Crippen MR) is 61.4 cm³/mol. The summed E-state index contributed by atoms with van der Waals surface area (Å²) in [5.74, 6) is 0.0728. The average molecular weight is 225 g/mol. The minimum absolute atomic E-state index is 0.0728. The molecule has 1 fully saturated rings. The van der Waals surface area contributed by atoms with Crippen LogP contribution < -0.4 is 10.2 Å². The van der Waals surface area contributed by atoms with Gasteiger partial charge in [-0.1, -0.05) is 6.07 Å². The number of carbonyl (C=O) groups excluding carboxylic acids is 1. The minimum Gasteiger partial charge on any atom is -0.346 e. The summed E-state index contributed by atoms with van der Waals surface area (Å²) < 4.78 is 0. The lowest BCUT2D eigenvalue weighted by Gasteiger charge is -2.11. The molecule has 1 aliphatic heterocycles. The Morgan fingerprint density at radius 1 is 1.47 bits per heavy atom. The van der Waals surface area contributed by atoms with E-state index in [4.69, 9.17) is 0 Å². The molecular formula is C11H17N2OS+. The van der Waals surface area contributed by atoms with Gasteiger partial charge in [-0.15, -0.1) is 11.3 Å². The van der Waals surface area contributed by atoms with E-state index in [1.54, 1.807) is 4.90 Å². The molecule has 0 spiro atoms. The Hall–Kier alpha value is -0.870. The molecule has 1 amide bonds. The molecule has 1 aromatic heterocycles. The van der Waals surface area contributed by atoms with Gasteiger partial charge in [0.15, 0.2) is 0 Å². The van der Waals surface area contributed by atoms with Crippen molar-refractivity contribution in [1.82, 2.24) is 5.32 Å². The van der Waals surface area contributed by atoms with Crippen LogP contribution in [-0.2, 0) is 0 Å². The Bertz CT molecular complexity index is 304. The maximum Gasteiger partial charge on any atom is 0.261 e. The highest BCUT2D eigenvalue weighted by Crippen LogP contribution is 2.07. The van der Waals surface area contributed by atoms with Crippen molar-refractivity contribution in [1.29, 1.82) is 0 Å². The molecule has 2 rings (SSSR count). The second-order valence-electron chi connectivity index (χ2n) is 3.94. The zero-order chi connectivity index (χ0) is 10.5. The maximum absolute atomic E-state index is 11.6. The summed E-state index contributed by atoms with van der Waals surface area (Å²) in [7, 11) is 0. The first-order valence-corrected chi connectivity index (χ1v) is 6.39. The van der Waals surface area contributed by atoms with Gasteiger partial charge in [0, 0.05) is 12.8 Å². The Labute approximate surface area is 94.1 Å². The van der Waals surface area contributed by atoms with Crippen molar-refractivity contribution in [2.45, 2.75) is 12.8 Å². The fourth-order valence-electron chi connectivity index (χ4n) is 1.97. The third kappa shape index (κ3) is 3.04. The summed E-state index contributed by atoms with van der Waals surface area (Å²) in [6.07, 6.45) is 2.68. The summed E-state index contributed by atoms with van der Waals surface area (Å²) in [6, 6.07) is 3.77. The number of hydrogen-bond donors (Lipinski definition) is 2. The lowest BCUT2D eigenvalue weighted by Crippen LogP contribution is -3.10. The number of hydrogen-bond acceptors (Lipinski definition) is 2. The van der Waals surface area contributed by atoms with E-state index in [1.807, 2.05) is 17.5 Å². The van der Waals surface area contributed by atoms with Crippen LogP contribution in [0.2, 0.25) is 0 Å². The summed E-state index contributed by atoms with van der Waals surface area (Å²) in [5.41, 5.74) is 0. The molecule has 0 aliphatic carbocycles. The molecule has 0 radical (unpaired) electrons. The third-order valence-electron chi connectivity index (χ3n) is 2.82.